The number of fused-ring (bicyclic) bond motifs is 1. The minimum Gasteiger partial charge on any atom is -0.497 e. The van der Waals surface area contributed by atoms with Crippen LogP contribution in [0.5, 0.6) is 5.75 Å². The lowest BCUT2D eigenvalue weighted by atomic mass is 9.92. The lowest BCUT2D eigenvalue weighted by molar-refractivity contribution is -0.192. The predicted octanol–water partition coefficient (Wildman–Crippen LogP) is 4.35. The topological polar surface area (TPSA) is 173 Å². The Kier molecular flexibility index (Phi) is 12.2. The van der Waals surface area contributed by atoms with Crippen LogP contribution in [0.3, 0.4) is 0 Å². The Morgan fingerprint density at radius 1 is 1.02 bits per heavy atom. The second-order valence-electron chi connectivity index (χ2n) is 11.6. The highest BCUT2D eigenvalue weighted by molar-refractivity contribution is 6.26. The minimum atomic E-state index is -5.08. The fourth-order valence-corrected chi connectivity index (χ4v) is 5.58. The van der Waals surface area contributed by atoms with E-state index in [-0.39, 0.29) is 17.6 Å². The molecular weight excluding hydrogens is 689 g/mol. The molecule has 0 spiro atoms. The smallest absolute Gasteiger partial charge is 0.490 e. The highest BCUT2D eigenvalue weighted by Crippen LogP contribution is 2.32. The van der Waals surface area contributed by atoms with Crippen LogP contribution in [-0.2, 0) is 30.4 Å². The summed E-state index contributed by atoms with van der Waals surface area (Å²) in [6, 6.07) is 15.5. The number of para-hydroxylation sites is 1. The minimum absolute atomic E-state index is 0.0553. The van der Waals surface area contributed by atoms with Gasteiger partial charge in [-0.3, -0.25) is 14.9 Å². The molecule has 3 N–H and O–H groups in total. The number of carbonyl (C=O) groups is 4. The normalized spacial score (nSPS) is 17.2. The molecule has 274 valence electrons. The molecule has 2 aromatic carbocycles. The van der Waals surface area contributed by atoms with Gasteiger partial charge in [-0.25, -0.2) is 19.5 Å². The van der Waals surface area contributed by atoms with Gasteiger partial charge in [0.05, 0.1) is 25.4 Å². The third-order valence-corrected chi connectivity index (χ3v) is 8.22. The number of carbonyl (C=O) groups excluding carboxylic acids is 3. The zero-order valence-corrected chi connectivity index (χ0v) is 27.8. The third kappa shape index (κ3) is 9.10. The van der Waals surface area contributed by atoms with Crippen LogP contribution < -0.4 is 25.2 Å². The van der Waals surface area contributed by atoms with Crippen molar-refractivity contribution in [2.24, 2.45) is 5.92 Å². The van der Waals surface area contributed by atoms with E-state index in [2.05, 4.69) is 15.6 Å². The average molecular weight is 725 g/mol. The van der Waals surface area contributed by atoms with E-state index in [1.165, 1.54) is 4.90 Å². The number of aromatic nitrogens is 2. The van der Waals surface area contributed by atoms with Gasteiger partial charge in [0.2, 0.25) is 12.7 Å². The maximum atomic E-state index is 13.8. The highest BCUT2D eigenvalue weighted by atomic mass is 19.4. The second-order valence-corrected chi connectivity index (χ2v) is 11.6. The number of anilines is 3. The van der Waals surface area contributed by atoms with Gasteiger partial charge in [0.25, 0.3) is 0 Å². The fraction of sp³-hybridized carbons (Fsp3) is 0.314. The number of nitrogens with zero attached hydrogens (tertiary/aromatic N) is 4. The van der Waals surface area contributed by atoms with Crippen molar-refractivity contribution < 1.29 is 51.7 Å². The molecule has 2 aliphatic heterocycles. The number of ether oxygens (including phenoxy) is 3. The molecule has 1 aliphatic carbocycles. The summed E-state index contributed by atoms with van der Waals surface area (Å²) in [6.07, 6.45) is 2.58. The fourth-order valence-electron chi connectivity index (χ4n) is 5.58. The first-order valence-corrected chi connectivity index (χ1v) is 16.1. The molecule has 52 heavy (non-hydrogen) atoms. The first-order chi connectivity index (χ1) is 25.0. The zero-order valence-electron chi connectivity index (χ0n) is 27.8. The number of benzene rings is 2. The number of allylic oxidation sites excluding steroid dienone is 2. The molecule has 3 heterocycles. The summed E-state index contributed by atoms with van der Waals surface area (Å²) in [5.74, 6) is -2.19. The summed E-state index contributed by atoms with van der Waals surface area (Å²) in [7, 11) is 1.60. The number of halogens is 3. The van der Waals surface area contributed by atoms with Gasteiger partial charge in [0.15, 0.2) is 5.78 Å². The number of aliphatic carboxylic acids is 1. The number of ketones is 1. The SMILES string of the molecule is COc1ccc(C2=CC=CC(N3CNCc4cnc(N(C(=O)OCOC(=O)C5CCNCC5)c5ccccc5)nc43)C2=O)cc1.O=C(O)C(F)(F)F. The van der Waals surface area contributed by atoms with Crippen LogP contribution in [0.15, 0.2) is 79.0 Å². The molecule has 1 amide bonds. The van der Waals surface area contributed by atoms with Crippen LogP contribution in [0, 0.1) is 5.92 Å². The van der Waals surface area contributed by atoms with Crippen molar-refractivity contribution in [1.29, 1.82) is 0 Å². The standard InChI is InChI=1S/C33H34N6O6.C2HF3O2/c1-43-26-12-10-22(11-13-26)27-8-5-9-28(29(27)40)38-20-35-18-24-19-36-32(37-30(24)38)39(25-6-3-2-4-7-25)33(42)45-21-44-31(41)23-14-16-34-17-15-23;3-2(4,5)1(6)7/h2-13,19,23,28,34-35H,14-18,20-21H2,1H3;(H,6,7). The van der Waals surface area contributed by atoms with Gasteiger partial charge >= 0.3 is 24.2 Å². The summed E-state index contributed by atoms with van der Waals surface area (Å²) in [6.45, 7) is 1.78. The van der Waals surface area contributed by atoms with Gasteiger partial charge in [-0.1, -0.05) is 48.6 Å². The Balaban J connectivity index is 0.000000679. The molecule has 14 nitrogen and oxygen atoms in total. The molecule has 0 saturated carbocycles. The summed E-state index contributed by atoms with van der Waals surface area (Å²) in [5, 5.41) is 13.6. The molecule has 1 saturated heterocycles. The van der Waals surface area contributed by atoms with E-state index in [4.69, 9.17) is 29.1 Å². The van der Waals surface area contributed by atoms with Crippen LogP contribution >= 0.6 is 0 Å². The van der Waals surface area contributed by atoms with E-state index in [9.17, 15) is 27.6 Å². The number of hydrogen-bond acceptors (Lipinski definition) is 12. The number of piperidine rings is 1. The Bertz CT molecular complexity index is 1820. The first-order valence-electron chi connectivity index (χ1n) is 16.1. The molecule has 6 rings (SSSR count). The number of esters is 1. The summed E-state index contributed by atoms with van der Waals surface area (Å²) in [5.41, 5.74) is 2.58. The largest absolute Gasteiger partial charge is 0.497 e. The predicted molar refractivity (Wildman–Crippen MR) is 180 cm³/mol. The molecule has 1 unspecified atom stereocenters. The molecule has 3 aliphatic rings. The van der Waals surface area contributed by atoms with Crippen molar-refractivity contribution in [2.75, 3.05) is 43.5 Å². The third-order valence-electron chi connectivity index (χ3n) is 8.22. The molecular formula is C35H35F3N6O8. The van der Waals surface area contributed by atoms with Crippen molar-refractivity contribution in [3.63, 3.8) is 0 Å². The summed E-state index contributed by atoms with van der Waals surface area (Å²) >= 11 is 0. The van der Waals surface area contributed by atoms with Crippen molar-refractivity contribution in [2.45, 2.75) is 31.6 Å². The van der Waals surface area contributed by atoms with Crippen molar-refractivity contribution in [3.05, 3.63) is 90.1 Å². The number of carboxylic acid groups (broad SMARTS) is 1. The van der Waals surface area contributed by atoms with Crippen molar-refractivity contribution in [3.8, 4) is 5.75 Å². The van der Waals surface area contributed by atoms with Crippen LogP contribution in [-0.4, -0.2) is 84.8 Å². The van der Waals surface area contributed by atoms with Gasteiger partial charge in [0.1, 0.15) is 17.6 Å². The van der Waals surface area contributed by atoms with E-state index in [1.807, 2.05) is 47.4 Å². The van der Waals surface area contributed by atoms with E-state index >= 15 is 0 Å². The second kappa shape index (κ2) is 16.9. The Labute approximate surface area is 295 Å². The van der Waals surface area contributed by atoms with Crippen LogP contribution in [0.25, 0.3) is 5.57 Å². The van der Waals surface area contributed by atoms with Gasteiger partial charge in [-0.2, -0.15) is 18.2 Å². The molecule has 17 heteroatoms. The molecule has 0 bridgehead atoms. The Morgan fingerprint density at radius 3 is 2.37 bits per heavy atom. The van der Waals surface area contributed by atoms with E-state index in [1.54, 1.807) is 43.6 Å². The average Bonchev–Trinajstić information content (AvgIpc) is 3.15. The molecule has 3 aromatic rings. The van der Waals surface area contributed by atoms with Crippen molar-refractivity contribution in [1.82, 2.24) is 20.6 Å². The quantitative estimate of drug-likeness (QED) is 0.221. The number of nitrogens with one attached hydrogen (secondary N) is 2. The summed E-state index contributed by atoms with van der Waals surface area (Å²) in [4.78, 5) is 61.0. The van der Waals surface area contributed by atoms with Crippen LogP contribution in [0.1, 0.15) is 24.0 Å². The van der Waals surface area contributed by atoms with E-state index in [0.29, 0.717) is 48.9 Å². The number of methoxy groups -OCH3 is 1. The zero-order chi connectivity index (χ0) is 37.3. The van der Waals surface area contributed by atoms with Crippen LogP contribution in [0.4, 0.5) is 35.4 Å². The first kappa shape index (κ1) is 37.4. The number of amides is 1. The number of Topliss-reactive ketones (excluding diaryl/α,β-unsaturated/α-hetero) is 1. The molecule has 1 fully saturated rings. The van der Waals surface area contributed by atoms with E-state index in [0.717, 1.165) is 24.2 Å². The van der Waals surface area contributed by atoms with Gasteiger partial charge < -0.3 is 29.5 Å². The van der Waals surface area contributed by atoms with E-state index < -0.39 is 37.0 Å². The monoisotopic (exact) mass is 724 g/mol. The lowest BCUT2D eigenvalue weighted by Crippen LogP contribution is -2.49. The van der Waals surface area contributed by atoms with Gasteiger partial charge in [0, 0.05) is 23.9 Å². The number of carboxylic acids is 1. The maximum Gasteiger partial charge on any atom is 0.490 e. The maximum absolute atomic E-state index is 13.8. The molecule has 1 atom stereocenters. The van der Waals surface area contributed by atoms with Gasteiger partial charge in [-0.15, -0.1) is 0 Å². The highest BCUT2D eigenvalue weighted by Gasteiger charge is 2.38. The van der Waals surface area contributed by atoms with Gasteiger partial charge in [-0.05, 0) is 55.8 Å². The number of hydrogen-bond donors (Lipinski definition) is 3. The number of rotatable bonds is 8. The summed E-state index contributed by atoms with van der Waals surface area (Å²) < 4.78 is 47.7. The molecule has 1 aromatic heterocycles. The Hall–Kier alpha value is -5.81. The molecule has 0 radical (unpaired) electrons. The van der Waals surface area contributed by atoms with Crippen LogP contribution in [0.2, 0.25) is 0 Å². The lowest BCUT2D eigenvalue weighted by Gasteiger charge is -2.36. The van der Waals surface area contributed by atoms with Crippen molar-refractivity contribution >= 4 is 46.8 Å². The number of alkyl halides is 3. The Morgan fingerprint density at radius 2 is 1.71 bits per heavy atom.